The molecule has 9 N–H and O–H groups in total. The van der Waals surface area contributed by atoms with Gasteiger partial charge in [0.1, 0.15) is 18.4 Å². The number of carboxylic acid groups (broad SMARTS) is 1. The summed E-state index contributed by atoms with van der Waals surface area (Å²) in [6, 6.07) is -3.46. The minimum Gasteiger partial charge on any atom is -0.480 e. The van der Waals surface area contributed by atoms with E-state index >= 15 is 0 Å². The van der Waals surface area contributed by atoms with Crippen molar-refractivity contribution >= 4 is 40.1 Å². The Labute approximate surface area is 169 Å². The van der Waals surface area contributed by atoms with Gasteiger partial charge >= 0.3 is 22.0 Å². The zero-order chi connectivity index (χ0) is 23.1. The molecule has 0 aromatic carbocycles. The number of hydrogen-bond donors (Lipinski definition) is 7. The second-order valence-electron chi connectivity index (χ2n) is 5.94. The molecule has 0 aliphatic rings. The molecule has 0 aromatic heterocycles. The number of carboxylic acids is 1. The molecule has 0 radical (unpaired) electrons. The quantitative estimate of drug-likeness (QED) is 0.127. The smallest absolute Gasteiger partial charge is 0.480 e. The van der Waals surface area contributed by atoms with E-state index in [1.165, 1.54) is 13.8 Å². The number of aliphatic carboxylic acids is 1. The lowest BCUT2D eigenvalue weighted by atomic mass is 10.2. The number of amides is 2. The van der Waals surface area contributed by atoms with Gasteiger partial charge < -0.3 is 32.0 Å². The Morgan fingerprint density at radius 3 is 1.76 bits per heavy atom. The second-order valence-corrected chi connectivity index (χ2v) is 8.25. The molecule has 0 saturated heterocycles. The van der Waals surface area contributed by atoms with Crippen LogP contribution in [-0.2, 0) is 28.3 Å². The van der Waals surface area contributed by atoms with Gasteiger partial charge in [0.15, 0.2) is 12.3 Å². The Morgan fingerprint density at radius 2 is 1.38 bits per heavy atom. The summed E-state index contributed by atoms with van der Waals surface area (Å²) in [4.78, 5) is 60.3. The van der Waals surface area contributed by atoms with Crippen LogP contribution in [0.2, 0.25) is 0 Å². The first-order valence-electron chi connectivity index (χ1n) is 8.38. The van der Waals surface area contributed by atoms with Gasteiger partial charge in [0.05, 0.1) is 12.1 Å². The van der Waals surface area contributed by atoms with E-state index in [1.54, 1.807) is 0 Å². The number of nitrogens with one attached hydrogen (secondary N) is 2. The van der Waals surface area contributed by atoms with Gasteiger partial charge in [-0.25, -0.2) is 0 Å². The summed E-state index contributed by atoms with van der Waals surface area (Å²) in [5.41, 5.74) is 10.5. The molecule has 0 rings (SSSR count). The molecule has 2 amide bonds. The zero-order valence-electron chi connectivity index (χ0n) is 16.1. The molecule has 0 heterocycles. The first-order valence-corrected chi connectivity index (χ1v) is 11.2. The van der Waals surface area contributed by atoms with E-state index in [0.29, 0.717) is 6.29 Å². The van der Waals surface area contributed by atoms with Crippen molar-refractivity contribution in [1.82, 2.24) is 10.6 Å². The van der Waals surface area contributed by atoms with Crippen LogP contribution < -0.4 is 22.1 Å². The van der Waals surface area contributed by atoms with Gasteiger partial charge in [-0.05, 0) is 23.0 Å². The van der Waals surface area contributed by atoms with Gasteiger partial charge in [0.25, 0.3) is 0 Å². The van der Waals surface area contributed by atoms with Crippen LogP contribution in [0.1, 0.15) is 26.7 Å². The van der Waals surface area contributed by atoms with Gasteiger partial charge in [-0.1, -0.05) is 0 Å². The topological polar surface area (TPSA) is 239 Å². The van der Waals surface area contributed by atoms with Crippen molar-refractivity contribution in [2.45, 2.75) is 50.9 Å². The lowest BCUT2D eigenvalue weighted by molar-refractivity contribution is -0.138. The van der Waals surface area contributed by atoms with Crippen molar-refractivity contribution < 1.29 is 43.2 Å². The number of nitrogens with two attached hydrogens (primary N) is 2. The van der Waals surface area contributed by atoms with Crippen LogP contribution in [0.4, 0.5) is 0 Å². The summed E-state index contributed by atoms with van der Waals surface area (Å²) in [6.07, 6.45) is 0.531. The van der Waals surface area contributed by atoms with Crippen LogP contribution in [0.3, 0.4) is 0 Å². The SMILES string of the molecule is CC(NC(=O)C(N)CC[P+](=O)O)C(=O)N[C@@H](C)C=O.NC(CC[P+](=O)O)C(=O)O. The predicted octanol–water partition coefficient (Wildman–Crippen LogP) is -1.83. The Hall–Kier alpha value is -1.88. The van der Waals surface area contributed by atoms with E-state index < -0.39 is 58.0 Å². The molecule has 0 aromatic rings. The molecule has 0 spiro atoms. The minimum absolute atomic E-state index is 0.0427. The molecule has 0 fully saturated rings. The second kappa shape index (κ2) is 16.0. The molecule has 0 aliphatic carbocycles. The van der Waals surface area contributed by atoms with E-state index in [2.05, 4.69) is 10.6 Å². The summed E-state index contributed by atoms with van der Waals surface area (Å²) >= 11 is 0. The van der Waals surface area contributed by atoms with Crippen molar-refractivity contribution in [3.63, 3.8) is 0 Å². The van der Waals surface area contributed by atoms with E-state index in [1.807, 2.05) is 0 Å². The third kappa shape index (κ3) is 16.8. The molecular formula is C14H28N4O9P2+2. The summed E-state index contributed by atoms with van der Waals surface area (Å²) in [5, 5.41) is 12.9. The predicted molar refractivity (Wildman–Crippen MR) is 103 cm³/mol. The molecular weight excluding hydrogens is 430 g/mol. The lowest BCUT2D eigenvalue weighted by Gasteiger charge is -2.17. The number of carbonyl (C=O) groups excluding carboxylic acids is 3. The Balaban J connectivity index is 0. The summed E-state index contributed by atoms with van der Waals surface area (Å²) < 4.78 is 20.5. The fraction of sp³-hybridized carbons (Fsp3) is 0.714. The highest BCUT2D eigenvalue weighted by Gasteiger charge is 2.23. The maximum atomic E-state index is 11.6. The molecule has 0 bridgehead atoms. The van der Waals surface area contributed by atoms with Crippen molar-refractivity contribution in [2.75, 3.05) is 12.3 Å². The summed E-state index contributed by atoms with van der Waals surface area (Å²) in [6.45, 7) is 2.95. The van der Waals surface area contributed by atoms with Crippen LogP contribution >= 0.6 is 16.1 Å². The van der Waals surface area contributed by atoms with Gasteiger partial charge in [0, 0.05) is 12.8 Å². The first-order chi connectivity index (χ1) is 13.3. The molecule has 15 heteroatoms. The Morgan fingerprint density at radius 1 is 0.931 bits per heavy atom. The fourth-order valence-electron chi connectivity index (χ4n) is 1.52. The van der Waals surface area contributed by atoms with Crippen molar-refractivity contribution in [3.8, 4) is 0 Å². The van der Waals surface area contributed by atoms with Gasteiger partial charge in [0.2, 0.25) is 11.8 Å². The average Bonchev–Trinajstić information content (AvgIpc) is 2.63. The summed E-state index contributed by atoms with van der Waals surface area (Å²) in [7, 11) is -4.58. The van der Waals surface area contributed by atoms with Gasteiger partial charge in [-0.3, -0.25) is 14.4 Å². The highest BCUT2D eigenvalue weighted by molar-refractivity contribution is 7.38. The molecule has 0 aliphatic heterocycles. The van der Waals surface area contributed by atoms with Crippen LogP contribution in [0.15, 0.2) is 0 Å². The van der Waals surface area contributed by atoms with Crippen molar-refractivity contribution in [2.24, 2.45) is 11.5 Å². The van der Waals surface area contributed by atoms with Crippen LogP contribution in [0.5, 0.6) is 0 Å². The van der Waals surface area contributed by atoms with E-state index in [-0.39, 0.29) is 25.2 Å². The maximum Gasteiger partial charge on any atom is 0.505 e. The zero-order valence-corrected chi connectivity index (χ0v) is 17.8. The number of rotatable bonds is 12. The third-order valence-electron chi connectivity index (χ3n) is 3.24. The van der Waals surface area contributed by atoms with E-state index in [4.69, 9.17) is 26.4 Å². The number of carbonyl (C=O) groups is 4. The lowest BCUT2D eigenvalue weighted by Crippen LogP contribution is -2.51. The Bertz CT molecular complexity index is 606. The van der Waals surface area contributed by atoms with Crippen LogP contribution in [0, 0.1) is 0 Å². The van der Waals surface area contributed by atoms with Crippen LogP contribution in [-0.4, -0.2) is 75.5 Å². The summed E-state index contributed by atoms with van der Waals surface area (Å²) in [5.74, 6) is -2.23. The average molecular weight is 458 g/mol. The monoisotopic (exact) mass is 458 g/mol. The Kier molecular flexibility index (Phi) is 16.2. The van der Waals surface area contributed by atoms with Crippen LogP contribution in [0.25, 0.3) is 0 Å². The minimum atomic E-state index is -2.33. The first kappa shape index (κ1) is 29.3. The molecule has 5 unspecified atom stereocenters. The van der Waals surface area contributed by atoms with Crippen molar-refractivity contribution in [1.29, 1.82) is 0 Å². The molecule has 6 atom stereocenters. The van der Waals surface area contributed by atoms with Crippen molar-refractivity contribution in [3.05, 3.63) is 0 Å². The number of aldehydes is 1. The molecule has 0 saturated carbocycles. The highest BCUT2D eigenvalue weighted by Crippen LogP contribution is 2.14. The molecule has 13 nitrogen and oxygen atoms in total. The van der Waals surface area contributed by atoms with Gasteiger partial charge in [-0.15, -0.1) is 0 Å². The normalized spacial score (nSPS) is 15.4. The number of hydrogen-bond acceptors (Lipinski definition) is 8. The molecule has 166 valence electrons. The molecule has 29 heavy (non-hydrogen) atoms. The van der Waals surface area contributed by atoms with Gasteiger partial charge in [-0.2, -0.15) is 9.79 Å². The van der Waals surface area contributed by atoms with E-state index in [9.17, 15) is 28.3 Å². The highest BCUT2D eigenvalue weighted by atomic mass is 31.1. The van der Waals surface area contributed by atoms with E-state index in [0.717, 1.165) is 0 Å². The standard InChI is InChI=1S/C10H18N3O5P.C4H8NO4P/c1-6(5-14)12-9(15)7(2)13-10(16)8(11)3-4-19(17)18;5-3(4(6)7)1-2-10(8)9/h5-8H,3-4,11H2,1-2H3,(H2-,12,13,15,16,17,18);3H,1-2,5H2,(H-,6,7,8,9)/p+2/t6-,7?,8?;/m0./s1. The maximum absolute atomic E-state index is 11.6. The fourth-order valence-corrected chi connectivity index (χ4v) is 2.52. The third-order valence-corrected chi connectivity index (χ3v) is 4.52. The largest absolute Gasteiger partial charge is 0.505 e.